The normalized spacial score (nSPS) is 18.2. The minimum Gasteiger partial charge on any atom is -0.365 e. The van der Waals surface area contributed by atoms with Gasteiger partial charge in [-0.1, -0.05) is 24.3 Å². The van der Waals surface area contributed by atoms with Crippen molar-refractivity contribution < 1.29 is 0 Å². The van der Waals surface area contributed by atoms with Gasteiger partial charge in [0.05, 0.1) is 0 Å². The van der Waals surface area contributed by atoms with Gasteiger partial charge in [0.2, 0.25) is 0 Å². The quantitative estimate of drug-likeness (QED) is 0.893. The van der Waals surface area contributed by atoms with Crippen LogP contribution < -0.4 is 10.6 Å². The van der Waals surface area contributed by atoms with Crippen molar-refractivity contribution in [2.75, 3.05) is 11.4 Å². The van der Waals surface area contributed by atoms with Gasteiger partial charge in [-0.3, -0.25) is 4.98 Å². The molecule has 0 bridgehead atoms. The van der Waals surface area contributed by atoms with Gasteiger partial charge in [0.25, 0.3) is 0 Å². The monoisotopic (exact) mass is 253 g/mol. The van der Waals surface area contributed by atoms with Crippen LogP contribution in [0.2, 0.25) is 0 Å². The van der Waals surface area contributed by atoms with Crippen LogP contribution in [0.3, 0.4) is 0 Å². The van der Waals surface area contributed by atoms with Gasteiger partial charge in [-0.2, -0.15) is 0 Å². The molecule has 2 N–H and O–H groups in total. The third-order valence-corrected chi connectivity index (χ3v) is 3.57. The molecule has 3 nitrogen and oxygen atoms in total. The predicted octanol–water partition coefficient (Wildman–Crippen LogP) is 2.28. The van der Waals surface area contributed by atoms with Crippen LogP contribution >= 0.6 is 0 Å². The Morgan fingerprint density at radius 1 is 1.32 bits per heavy atom. The number of aromatic nitrogens is 1. The number of pyridine rings is 1. The molecule has 0 spiro atoms. The molecule has 0 saturated heterocycles. The summed E-state index contributed by atoms with van der Waals surface area (Å²) in [6.07, 6.45) is 4.80. The first kappa shape index (κ1) is 12.2. The van der Waals surface area contributed by atoms with E-state index in [4.69, 9.17) is 5.73 Å². The number of nitrogens with two attached hydrogens (primary N) is 1. The second kappa shape index (κ2) is 5.02. The van der Waals surface area contributed by atoms with Crippen molar-refractivity contribution in [2.24, 2.45) is 5.73 Å². The van der Waals surface area contributed by atoms with Gasteiger partial charge in [-0.25, -0.2) is 0 Å². The minimum absolute atomic E-state index is 0.215. The van der Waals surface area contributed by atoms with Gasteiger partial charge >= 0.3 is 0 Å². The lowest BCUT2D eigenvalue weighted by Gasteiger charge is -2.34. The number of fused-ring (bicyclic) bond motifs is 1. The molecule has 19 heavy (non-hydrogen) atoms. The maximum Gasteiger partial charge on any atom is 0.0445 e. The number of hydrogen-bond donors (Lipinski definition) is 1. The standard InChI is InChI=1S/C16H19N3/c1-12-6-13(9-18-8-12)10-19-11-15(17)7-14-4-2-3-5-16(14)19/h2-6,8-9,15H,7,10-11,17H2,1H3. The van der Waals surface area contributed by atoms with E-state index in [-0.39, 0.29) is 6.04 Å². The number of aryl methyl sites for hydroxylation is 1. The molecule has 0 aliphatic carbocycles. The first-order valence-electron chi connectivity index (χ1n) is 6.71. The smallest absolute Gasteiger partial charge is 0.0445 e. The molecule has 1 aliphatic heterocycles. The molecule has 3 heteroatoms. The first-order valence-corrected chi connectivity index (χ1v) is 6.71. The van der Waals surface area contributed by atoms with E-state index in [2.05, 4.69) is 47.1 Å². The van der Waals surface area contributed by atoms with Crippen LogP contribution in [0.25, 0.3) is 0 Å². The van der Waals surface area contributed by atoms with Crippen LogP contribution in [0.15, 0.2) is 42.7 Å². The van der Waals surface area contributed by atoms with Crippen molar-refractivity contribution in [3.63, 3.8) is 0 Å². The lowest BCUT2D eigenvalue weighted by molar-refractivity contribution is 0.598. The summed E-state index contributed by atoms with van der Waals surface area (Å²) in [5.74, 6) is 0. The Labute approximate surface area is 114 Å². The van der Waals surface area contributed by atoms with Crippen LogP contribution in [0, 0.1) is 6.92 Å². The lowest BCUT2D eigenvalue weighted by Crippen LogP contribution is -2.42. The summed E-state index contributed by atoms with van der Waals surface area (Å²) in [6, 6.07) is 10.9. The number of para-hydroxylation sites is 1. The zero-order valence-electron chi connectivity index (χ0n) is 11.2. The largest absolute Gasteiger partial charge is 0.365 e. The highest BCUT2D eigenvalue weighted by Gasteiger charge is 2.21. The van der Waals surface area contributed by atoms with Crippen LogP contribution in [0.5, 0.6) is 0 Å². The zero-order chi connectivity index (χ0) is 13.2. The van der Waals surface area contributed by atoms with Gasteiger partial charge in [0.1, 0.15) is 0 Å². The summed E-state index contributed by atoms with van der Waals surface area (Å²) in [6.45, 7) is 3.86. The minimum atomic E-state index is 0.215. The predicted molar refractivity (Wildman–Crippen MR) is 78.1 cm³/mol. The summed E-state index contributed by atoms with van der Waals surface area (Å²) in [4.78, 5) is 6.63. The van der Waals surface area contributed by atoms with Crippen molar-refractivity contribution in [2.45, 2.75) is 25.9 Å². The Morgan fingerprint density at radius 3 is 3.00 bits per heavy atom. The van der Waals surface area contributed by atoms with E-state index in [9.17, 15) is 0 Å². The number of nitrogens with zero attached hydrogens (tertiary/aromatic N) is 2. The van der Waals surface area contributed by atoms with E-state index in [1.165, 1.54) is 22.4 Å². The van der Waals surface area contributed by atoms with E-state index in [0.29, 0.717) is 0 Å². The average Bonchev–Trinajstić information content (AvgIpc) is 2.38. The van der Waals surface area contributed by atoms with Crippen LogP contribution in [-0.2, 0) is 13.0 Å². The topological polar surface area (TPSA) is 42.2 Å². The van der Waals surface area contributed by atoms with Crippen molar-refractivity contribution in [3.05, 3.63) is 59.4 Å². The summed E-state index contributed by atoms with van der Waals surface area (Å²) in [7, 11) is 0. The Balaban J connectivity index is 1.89. The van der Waals surface area contributed by atoms with Gasteiger partial charge in [-0.05, 0) is 36.1 Å². The lowest BCUT2D eigenvalue weighted by atomic mass is 9.98. The van der Waals surface area contributed by atoms with E-state index in [0.717, 1.165) is 19.5 Å². The molecule has 1 atom stereocenters. The average molecular weight is 253 g/mol. The molecule has 0 radical (unpaired) electrons. The van der Waals surface area contributed by atoms with Crippen LogP contribution in [0.4, 0.5) is 5.69 Å². The van der Waals surface area contributed by atoms with Gasteiger partial charge in [-0.15, -0.1) is 0 Å². The first-order chi connectivity index (χ1) is 9.22. The van der Waals surface area contributed by atoms with E-state index in [1.807, 2.05) is 12.4 Å². The Hall–Kier alpha value is -1.87. The van der Waals surface area contributed by atoms with Gasteiger partial charge < -0.3 is 10.6 Å². The Bertz CT molecular complexity index is 580. The molecule has 1 unspecified atom stereocenters. The highest BCUT2D eigenvalue weighted by Crippen LogP contribution is 2.27. The summed E-state index contributed by atoms with van der Waals surface area (Å²) >= 11 is 0. The number of benzene rings is 1. The zero-order valence-corrected chi connectivity index (χ0v) is 11.2. The van der Waals surface area contributed by atoms with E-state index >= 15 is 0 Å². The van der Waals surface area contributed by atoms with Crippen LogP contribution in [0.1, 0.15) is 16.7 Å². The molecule has 1 aromatic carbocycles. The third-order valence-electron chi connectivity index (χ3n) is 3.57. The number of hydrogen-bond acceptors (Lipinski definition) is 3. The molecule has 2 aromatic rings. The highest BCUT2D eigenvalue weighted by molar-refractivity contribution is 5.56. The number of anilines is 1. The Morgan fingerprint density at radius 2 is 2.16 bits per heavy atom. The van der Waals surface area contributed by atoms with E-state index < -0.39 is 0 Å². The summed E-state index contributed by atoms with van der Waals surface area (Å²) < 4.78 is 0. The second-order valence-electron chi connectivity index (χ2n) is 5.34. The fraction of sp³-hybridized carbons (Fsp3) is 0.312. The molecule has 0 amide bonds. The van der Waals surface area contributed by atoms with Crippen molar-refractivity contribution in [3.8, 4) is 0 Å². The van der Waals surface area contributed by atoms with Crippen molar-refractivity contribution in [1.29, 1.82) is 0 Å². The van der Waals surface area contributed by atoms with Gasteiger partial charge in [0.15, 0.2) is 0 Å². The summed E-state index contributed by atoms with van der Waals surface area (Å²) in [5, 5.41) is 0. The fourth-order valence-corrected chi connectivity index (χ4v) is 2.79. The molecule has 1 aromatic heterocycles. The molecular weight excluding hydrogens is 234 g/mol. The molecular formula is C16H19N3. The molecule has 98 valence electrons. The van der Waals surface area contributed by atoms with Gasteiger partial charge in [0, 0.05) is 37.2 Å². The summed E-state index contributed by atoms with van der Waals surface area (Å²) in [5.41, 5.74) is 11.3. The molecule has 0 fully saturated rings. The second-order valence-corrected chi connectivity index (χ2v) is 5.34. The van der Waals surface area contributed by atoms with E-state index in [1.54, 1.807) is 0 Å². The molecule has 1 aliphatic rings. The van der Waals surface area contributed by atoms with Crippen LogP contribution in [-0.4, -0.2) is 17.6 Å². The van der Waals surface area contributed by atoms with Crippen molar-refractivity contribution in [1.82, 2.24) is 4.98 Å². The SMILES string of the molecule is Cc1cncc(CN2CC(N)Cc3ccccc32)c1. The third kappa shape index (κ3) is 2.61. The maximum atomic E-state index is 6.17. The molecule has 2 heterocycles. The molecule has 0 saturated carbocycles. The number of rotatable bonds is 2. The highest BCUT2D eigenvalue weighted by atomic mass is 15.2. The molecule has 3 rings (SSSR count). The van der Waals surface area contributed by atoms with Crippen molar-refractivity contribution >= 4 is 5.69 Å². The fourth-order valence-electron chi connectivity index (χ4n) is 2.79. The maximum absolute atomic E-state index is 6.17. The Kier molecular flexibility index (Phi) is 3.22.